The lowest BCUT2D eigenvalue weighted by atomic mass is 10.1. The SMILES string of the molecule is O=C(COc1ccc(Br)cc1[N+](=O)[O-])c1ccccc1. The van der Waals surface area contributed by atoms with Crippen LogP contribution < -0.4 is 4.74 Å². The van der Waals surface area contributed by atoms with Crippen LogP contribution in [0.1, 0.15) is 10.4 Å². The maximum absolute atomic E-state index is 11.9. The van der Waals surface area contributed by atoms with E-state index >= 15 is 0 Å². The third-order valence-electron chi connectivity index (χ3n) is 2.57. The molecule has 0 radical (unpaired) electrons. The number of nitro groups is 1. The van der Waals surface area contributed by atoms with Crippen LogP contribution >= 0.6 is 15.9 Å². The maximum Gasteiger partial charge on any atom is 0.312 e. The lowest BCUT2D eigenvalue weighted by molar-refractivity contribution is -0.385. The lowest BCUT2D eigenvalue weighted by Gasteiger charge is -2.06. The number of benzene rings is 2. The minimum absolute atomic E-state index is 0.0717. The summed E-state index contributed by atoms with van der Waals surface area (Å²) in [5.41, 5.74) is 0.326. The van der Waals surface area contributed by atoms with Crippen LogP contribution in [0, 0.1) is 10.1 Å². The van der Waals surface area contributed by atoms with Crippen LogP contribution in [0.25, 0.3) is 0 Å². The van der Waals surface area contributed by atoms with Gasteiger partial charge in [-0.05, 0) is 12.1 Å². The molecule has 0 aliphatic carbocycles. The second-order valence-corrected chi connectivity index (χ2v) is 4.86. The summed E-state index contributed by atoms with van der Waals surface area (Å²) in [6, 6.07) is 13.0. The van der Waals surface area contributed by atoms with Gasteiger partial charge in [-0.15, -0.1) is 0 Å². The van der Waals surface area contributed by atoms with E-state index < -0.39 is 4.92 Å². The number of hydrogen-bond acceptors (Lipinski definition) is 4. The Morgan fingerprint density at radius 3 is 2.55 bits per heavy atom. The molecule has 0 aliphatic rings. The summed E-state index contributed by atoms with van der Waals surface area (Å²) in [5.74, 6) is -0.162. The third-order valence-corrected chi connectivity index (χ3v) is 3.07. The number of hydrogen-bond donors (Lipinski definition) is 0. The van der Waals surface area contributed by atoms with E-state index in [1.165, 1.54) is 12.1 Å². The van der Waals surface area contributed by atoms with Gasteiger partial charge < -0.3 is 4.74 Å². The highest BCUT2D eigenvalue weighted by atomic mass is 79.9. The summed E-state index contributed by atoms with van der Waals surface area (Å²) in [6.45, 7) is -0.244. The van der Waals surface area contributed by atoms with Crippen molar-refractivity contribution in [3.05, 3.63) is 68.7 Å². The molecule has 0 atom stereocenters. The Morgan fingerprint density at radius 1 is 1.20 bits per heavy atom. The Labute approximate surface area is 123 Å². The Morgan fingerprint density at radius 2 is 1.90 bits per heavy atom. The van der Waals surface area contributed by atoms with Gasteiger partial charge in [0.05, 0.1) is 4.92 Å². The molecule has 5 nitrogen and oxygen atoms in total. The summed E-state index contributed by atoms with van der Waals surface area (Å²) in [4.78, 5) is 22.2. The van der Waals surface area contributed by atoms with Crippen LogP contribution in [0.4, 0.5) is 5.69 Å². The average Bonchev–Trinajstić information content (AvgIpc) is 2.46. The molecule has 2 aromatic rings. The zero-order chi connectivity index (χ0) is 14.5. The first-order valence-electron chi connectivity index (χ1n) is 5.73. The van der Waals surface area contributed by atoms with Crippen molar-refractivity contribution in [2.45, 2.75) is 0 Å². The third kappa shape index (κ3) is 3.42. The number of nitro benzene ring substituents is 1. The fourth-order valence-electron chi connectivity index (χ4n) is 1.61. The summed E-state index contributed by atoms with van der Waals surface area (Å²) in [5, 5.41) is 10.9. The van der Waals surface area contributed by atoms with Gasteiger partial charge in [-0.2, -0.15) is 0 Å². The summed E-state index contributed by atoms with van der Waals surface area (Å²) >= 11 is 3.15. The fraction of sp³-hybridized carbons (Fsp3) is 0.0714. The van der Waals surface area contributed by atoms with Gasteiger partial charge in [0, 0.05) is 16.1 Å². The number of carbonyl (C=O) groups is 1. The largest absolute Gasteiger partial charge is 0.478 e. The topological polar surface area (TPSA) is 69.4 Å². The first kappa shape index (κ1) is 14.2. The molecule has 0 unspecified atom stereocenters. The molecule has 2 rings (SSSR count). The molecule has 0 amide bonds. The second kappa shape index (κ2) is 6.29. The van der Waals surface area contributed by atoms with E-state index in [0.717, 1.165) is 0 Å². The molecule has 0 bridgehead atoms. The van der Waals surface area contributed by atoms with Crippen molar-refractivity contribution < 1.29 is 14.5 Å². The molecule has 0 aliphatic heterocycles. The highest BCUT2D eigenvalue weighted by Crippen LogP contribution is 2.30. The van der Waals surface area contributed by atoms with Crippen molar-refractivity contribution in [3.8, 4) is 5.75 Å². The Bertz CT molecular complexity index is 643. The number of ketones is 1. The van der Waals surface area contributed by atoms with Crippen LogP contribution in [0.5, 0.6) is 5.75 Å². The van der Waals surface area contributed by atoms with Gasteiger partial charge in [0.1, 0.15) is 0 Å². The van der Waals surface area contributed by atoms with Crippen LogP contribution in [-0.4, -0.2) is 17.3 Å². The fourth-order valence-corrected chi connectivity index (χ4v) is 1.95. The summed E-state index contributed by atoms with van der Waals surface area (Å²) < 4.78 is 5.83. The summed E-state index contributed by atoms with van der Waals surface area (Å²) in [7, 11) is 0. The van der Waals surface area contributed by atoms with E-state index in [2.05, 4.69) is 15.9 Å². The van der Waals surface area contributed by atoms with E-state index in [1.807, 2.05) is 0 Å². The van der Waals surface area contributed by atoms with Crippen LogP contribution in [0.2, 0.25) is 0 Å². The van der Waals surface area contributed by atoms with Gasteiger partial charge in [-0.3, -0.25) is 14.9 Å². The summed E-state index contributed by atoms with van der Waals surface area (Å²) in [6.07, 6.45) is 0. The van der Waals surface area contributed by atoms with Gasteiger partial charge in [0.25, 0.3) is 0 Å². The molecular formula is C14H10BrNO4. The standard InChI is InChI=1S/C14H10BrNO4/c15-11-6-7-14(12(8-11)16(18)19)20-9-13(17)10-4-2-1-3-5-10/h1-8H,9H2. The molecule has 0 N–H and O–H groups in total. The smallest absolute Gasteiger partial charge is 0.312 e. The predicted molar refractivity (Wildman–Crippen MR) is 77.1 cm³/mol. The molecule has 2 aromatic carbocycles. The number of ether oxygens (including phenoxy) is 1. The minimum Gasteiger partial charge on any atom is -0.478 e. The van der Waals surface area contributed by atoms with Crippen LogP contribution in [0.3, 0.4) is 0 Å². The first-order chi connectivity index (χ1) is 9.58. The van der Waals surface area contributed by atoms with E-state index in [9.17, 15) is 14.9 Å². The average molecular weight is 336 g/mol. The number of nitrogens with zero attached hydrogens (tertiary/aromatic N) is 1. The van der Waals surface area contributed by atoms with E-state index in [4.69, 9.17) is 4.74 Å². The maximum atomic E-state index is 11.9. The van der Waals surface area contributed by atoms with Crippen LogP contribution in [-0.2, 0) is 0 Å². The Balaban J connectivity index is 2.12. The van der Waals surface area contributed by atoms with Crippen LogP contribution in [0.15, 0.2) is 53.0 Å². The van der Waals surface area contributed by atoms with Crippen molar-refractivity contribution >= 4 is 27.4 Å². The zero-order valence-electron chi connectivity index (χ0n) is 10.3. The van der Waals surface area contributed by atoms with Crippen molar-refractivity contribution in [2.24, 2.45) is 0 Å². The second-order valence-electron chi connectivity index (χ2n) is 3.95. The van der Waals surface area contributed by atoms with Crippen molar-refractivity contribution in [1.29, 1.82) is 0 Å². The van der Waals surface area contributed by atoms with Gasteiger partial charge in [0.15, 0.2) is 18.1 Å². The van der Waals surface area contributed by atoms with Gasteiger partial charge in [-0.1, -0.05) is 46.3 Å². The Hall–Kier alpha value is -2.21. The predicted octanol–water partition coefficient (Wildman–Crippen LogP) is 3.62. The van der Waals surface area contributed by atoms with Crippen molar-refractivity contribution in [2.75, 3.05) is 6.61 Å². The van der Waals surface area contributed by atoms with E-state index in [0.29, 0.717) is 10.0 Å². The number of halogens is 1. The lowest BCUT2D eigenvalue weighted by Crippen LogP contribution is -2.12. The van der Waals surface area contributed by atoms with Crippen molar-refractivity contribution in [3.63, 3.8) is 0 Å². The molecule has 20 heavy (non-hydrogen) atoms. The molecule has 6 heteroatoms. The van der Waals surface area contributed by atoms with Crippen molar-refractivity contribution in [1.82, 2.24) is 0 Å². The molecule has 0 saturated carbocycles. The molecule has 0 aromatic heterocycles. The highest BCUT2D eigenvalue weighted by molar-refractivity contribution is 9.10. The molecular weight excluding hydrogens is 326 g/mol. The minimum atomic E-state index is -0.549. The van der Waals surface area contributed by atoms with Gasteiger partial charge in [0.2, 0.25) is 0 Å². The zero-order valence-corrected chi connectivity index (χ0v) is 11.9. The first-order valence-corrected chi connectivity index (χ1v) is 6.52. The highest BCUT2D eigenvalue weighted by Gasteiger charge is 2.17. The van der Waals surface area contributed by atoms with E-state index in [-0.39, 0.29) is 23.8 Å². The van der Waals surface area contributed by atoms with Gasteiger partial charge in [-0.25, -0.2) is 0 Å². The van der Waals surface area contributed by atoms with E-state index in [1.54, 1.807) is 36.4 Å². The number of carbonyl (C=O) groups excluding carboxylic acids is 1. The molecule has 0 heterocycles. The molecule has 0 spiro atoms. The monoisotopic (exact) mass is 335 g/mol. The molecule has 0 saturated heterocycles. The Kier molecular flexibility index (Phi) is 4.47. The number of Topliss-reactive ketones (excluding diaryl/α,β-unsaturated/α-hetero) is 1. The quantitative estimate of drug-likeness (QED) is 0.475. The molecule has 102 valence electrons. The normalized spacial score (nSPS) is 10.1. The van der Waals surface area contributed by atoms with Gasteiger partial charge >= 0.3 is 5.69 Å². The molecule has 0 fully saturated rings. The number of rotatable bonds is 5.